The number of pyridine rings is 1. The van der Waals surface area contributed by atoms with Crippen molar-refractivity contribution in [1.29, 1.82) is 0 Å². The van der Waals surface area contributed by atoms with Gasteiger partial charge < -0.3 is 14.2 Å². The fourth-order valence-electron chi connectivity index (χ4n) is 2.41. The van der Waals surface area contributed by atoms with E-state index in [4.69, 9.17) is 14.2 Å². The number of amides is 1. The number of aromatic nitrogens is 1. The molecule has 27 heavy (non-hydrogen) atoms. The largest absolute Gasteiger partial charge is 0.464 e. The number of carbonyl (C=O) groups is 2. The SMILES string of the molecule is COC(=O)c1cccc(C(OC)c2ccc(NC(=O)OC(C)(C)C)cc2)n1. The zero-order chi connectivity index (χ0) is 20.0. The fraction of sp³-hybridized carbons (Fsp3) is 0.350. The molecule has 0 fully saturated rings. The normalized spacial score (nSPS) is 12.2. The van der Waals surface area contributed by atoms with Gasteiger partial charge >= 0.3 is 12.1 Å². The van der Waals surface area contributed by atoms with Gasteiger partial charge in [0.25, 0.3) is 0 Å². The highest BCUT2D eigenvalue weighted by Gasteiger charge is 2.19. The third-order valence-corrected chi connectivity index (χ3v) is 3.53. The van der Waals surface area contributed by atoms with Crippen LogP contribution in [0.1, 0.15) is 48.6 Å². The first-order valence-electron chi connectivity index (χ1n) is 8.41. The lowest BCUT2D eigenvalue weighted by molar-refractivity contribution is 0.0590. The first-order valence-corrected chi connectivity index (χ1v) is 8.41. The van der Waals surface area contributed by atoms with Crippen LogP contribution in [0.5, 0.6) is 0 Å². The summed E-state index contributed by atoms with van der Waals surface area (Å²) >= 11 is 0. The molecule has 1 atom stereocenters. The third kappa shape index (κ3) is 5.79. The summed E-state index contributed by atoms with van der Waals surface area (Å²) in [6.45, 7) is 5.40. The standard InChI is InChI=1S/C20H24N2O5/c1-20(2,3)27-19(24)21-14-11-9-13(10-12-14)17(25-4)15-7-6-8-16(22-15)18(23)26-5/h6-12,17H,1-5H3,(H,21,24). The second-order valence-electron chi connectivity index (χ2n) is 6.80. The molecule has 1 aromatic carbocycles. The molecular weight excluding hydrogens is 348 g/mol. The average molecular weight is 372 g/mol. The van der Waals surface area contributed by atoms with E-state index in [2.05, 4.69) is 10.3 Å². The summed E-state index contributed by atoms with van der Waals surface area (Å²) in [7, 11) is 2.87. The third-order valence-electron chi connectivity index (χ3n) is 3.53. The van der Waals surface area contributed by atoms with E-state index in [-0.39, 0.29) is 5.69 Å². The van der Waals surface area contributed by atoms with Crippen LogP contribution in [-0.4, -0.2) is 36.9 Å². The molecular formula is C20H24N2O5. The summed E-state index contributed by atoms with van der Waals surface area (Å²) in [5.74, 6) is -0.511. The van der Waals surface area contributed by atoms with E-state index < -0.39 is 23.8 Å². The van der Waals surface area contributed by atoms with Gasteiger partial charge in [-0.25, -0.2) is 14.6 Å². The predicted octanol–water partition coefficient (Wildman–Crippen LogP) is 3.95. The molecule has 7 heteroatoms. The summed E-state index contributed by atoms with van der Waals surface area (Å²) in [6, 6.07) is 12.2. The van der Waals surface area contributed by atoms with Crippen molar-refractivity contribution in [2.75, 3.05) is 19.5 Å². The van der Waals surface area contributed by atoms with Crippen LogP contribution in [0.4, 0.5) is 10.5 Å². The van der Waals surface area contributed by atoms with Gasteiger partial charge in [0.05, 0.1) is 12.8 Å². The number of nitrogens with one attached hydrogen (secondary N) is 1. The van der Waals surface area contributed by atoms with Crippen molar-refractivity contribution in [3.63, 3.8) is 0 Å². The molecule has 2 aromatic rings. The number of hydrogen-bond donors (Lipinski definition) is 1. The van der Waals surface area contributed by atoms with Gasteiger partial charge in [-0.3, -0.25) is 5.32 Å². The zero-order valence-electron chi connectivity index (χ0n) is 16.1. The molecule has 0 saturated carbocycles. The molecule has 0 bridgehead atoms. The Morgan fingerprint density at radius 1 is 1.04 bits per heavy atom. The molecule has 144 valence electrons. The Hall–Kier alpha value is -2.93. The minimum atomic E-state index is -0.568. The molecule has 7 nitrogen and oxygen atoms in total. The van der Waals surface area contributed by atoms with Crippen molar-refractivity contribution >= 4 is 17.7 Å². The van der Waals surface area contributed by atoms with Crippen LogP contribution in [0.15, 0.2) is 42.5 Å². The minimum absolute atomic E-state index is 0.209. The summed E-state index contributed by atoms with van der Waals surface area (Å²) in [6.07, 6.45) is -0.990. The number of carbonyl (C=O) groups excluding carboxylic acids is 2. The lowest BCUT2D eigenvalue weighted by atomic mass is 10.0. The van der Waals surface area contributed by atoms with Gasteiger partial charge in [-0.1, -0.05) is 18.2 Å². The van der Waals surface area contributed by atoms with E-state index in [0.29, 0.717) is 11.4 Å². The van der Waals surface area contributed by atoms with Crippen LogP contribution in [0.2, 0.25) is 0 Å². The zero-order valence-corrected chi connectivity index (χ0v) is 16.1. The molecule has 0 aliphatic carbocycles. The molecule has 1 aromatic heterocycles. The van der Waals surface area contributed by atoms with Crippen LogP contribution in [-0.2, 0) is 14.2 Å². The van der Waals surface area contributed by atoms with E-state index in [1.54, 1.807) is 58.2 Å². The van der Waals surface area contributed by atoms with Crippen molar-refractivity contribution in [3.8, 4) is 0 Å². The number of nitrogens with zero attached hydrogens (tertiary/aromatic N) is 1. The quantitative estimate of drug-likeness (QED) is 0.800. The molecule has 0 saturated heterocycles. The van der Waals surface area contributed by atoms with E-state index in [0.717, 1.165) is 5.56 Å². The topological polar surface area (TPSA) is 86.8 Å². The van der Waals surface area contributed by atoms with Crippen LogP contribution >= 0.6 is 0 Å². The molecule has 2 rings (SSSR count). The smallest absolute Gasteiger partial charge is 0.412 e. The van der Waals surface area contributed by atoms with Gasteiger partial charge in [0.15, 0.2) is 0 Å². The average Bonchev–Trinajstić information content (AvgIpc) is 2.61. The van der Waals surface area contributed by atoms with Crippen molar-refractivity contribution in [1.82, 2.24) is 4.98 Å². The molecule has 0 spiro atoms. The number of benzene rings is 1. The second kappa shape index (κ2) is 8.64. The van der Waals surface area contributed by atoms with Crippen LogP contribution in [0.3, 0.4) is 0 Å². The van der Waals surface area contributed by atoms with Crippen molar-refractivity contribution in [2.45, 2.75) is 32.5 Å². The van der Waals surface area contributed by atoms with Gasteiger partial charge in [-0.15, -0.1) is 0 Å². The molecule has 1 N–H and O–H groups in total. The van der Waals surface area contributed by atoms with Crippen molar-refractivity contribution < 1.29 is 23.8 Å². The molecule has 0 radical (unpaired) electrons. The number of rotatable bonds is 5. The predicted molar refractivity (Wildman–Crippen MR) is 101 cm³/mol. The monoisotopic (exact) mass is 372 g/mol. The Bertz CT molecular complexity index is 797. The highest BCUT2D eigenvalue weighted by Crippen LogP contribution is 2.25. The van der Waals surface area contributed by atoms with E-state index in [1.165, 1.54) is 7.11 Å². The lowest BCUT2D eigenvalue weighted by Crippen LogP contribution is -2.27. The van der Waals surface area contributed by atoms with Crippen LogP contribution < -0.4 is 5.32 Å². The van der Waals surface area contributed by atoms with Crippen LogP contribution in [0, 0.1) is 0 Å². The van der Waals surface area contributed by atoms with Crippen molar-refractivity contribution in [3.05, 3.63) is 59.4 Å². The molecule has 1 heterocycles. The summed E-state index contributed by atoms with van der Waals surface area (Å²) in [5.41, 5.74) is 1.64. The van der Waals surface area contributed by atoms with Crippen LogP contribution in [0.25, 0.3) is 0 Å². The van der Waals surface area contributed by atoms with E-state index in [1.807, 2.05) is 12.1 Å². The maximum absolute atomic E-state index is 11.8. The van der Waals surface area contributed by atoms with E-state index >= 15 is 0 Å². The molecule has 1 amide bonds. The molecule has 1 unspecified atom stereocenters. The number of ether oxygens (including phenoxy) is 3. The Kier molecular flexibility index (Phi) is 6.52. The Morgan fingerprint density at radius 2 is 1.70 bits per heavy atom. The highest BCUT2D eigenvalue weighted by molar-refractivity contribution is 5.87. The van der Waals surface area contributed by atoms with Gasteiger partial charge in [-0.2, -0.15) is 0 Å². The first kappa shape index (κ1) is 20.4. The fourth-order valence-corrected chi connectivity index (χ4v) is 2.41. The number of hydrogen-bond acceptors (Lipinski definition) is 6. The van der Waals surface area contributed by atoms with Gasteiger partial charge in [0.1, 0.15) is 17.4 Å². The van der Waals surface area contributed by atoms with Crippen molar-refractivity contribution in [2.24, 2.45) is 0 Å². The summed E-state index contributed by atoms with van der Waals surface area (Å²) in [5, 5.41) is 2.68. The van der Waals surface area contributed by atoms with E-state index in [9.17, 15) is 9.59 Å². The van der Waals surface area contributed by atoms with Gasteiger partial charge in [0, 0.05) is 12.8 Å². The Balaban J connectivity index is 2.17. The number of methoxy groups -OCH3 is 2. The maximum atomic E-state index is 11.8. The van der Waals surface area contributed by atoms with Gasteiger partial charge in [-0.05, 0) is 50.6 Å². The highest BCUT2D eigenvalue weighted by atomic mass is 16.6. The second-order valence-corrected chi connectivity index (χ2v) is 6.80. The number of anilines is 1. The first-order chi connectivity index (χ1) is 12.7. The molecule has 0 aliphatic rings. The Morgan fingerprint density at radius 3 is 2.26 bits per heavy atom. The number of esters is 1. The maximum Gasteiger partial charge on any atom is 0.412 e. The van der Waals surface area contributed by atoms with Gasteiger partial charge in [0.2, 0.25) is 0 Å². The Labute approximate surface area is 158 Å². The summed E-state index contributed by atoms with van der Waals surface area (Å²) in [4.78, 5) is 27.8. The molecule has 0 aliphatic heterocycles. The minimum Gasteiger partial charge on any atom is -0.464 e. The lowest BCUT2D eigenvalue weighted by Gasteiger charge is -2.20. The summed E-state index contributed by atoms with van der Waals surface area (Å²) < 4.78 is 15.5.